The molecule has 0 amide bonds. The Morgan fingerprint density at radius 1 is 1.29 bits per heavy atom. The molecule has 2 heterocycles. The van der Waals surface area contributed by atoms with Gasteiger partial charge in [-0.2, -0.15) is 0 Å². The van der Waals surface area contributed by atoms with E-state index in [1.807, 2.05) is 24.3 Å². The molecule has 17 heavy (non-hydrogen) atoms. The third kappa shape index (κ3) is 1.75. The van der Waals surface area contributed by atoms with Gasteiger partial charge in [-0.3, -0.25) is 0 Å². The van der Waals surface area contributed by atoms with Gasteiger partial charge in [0.2, 0.25) is 0 Å². The molecule has 0 spiro atoms. The highest BCUT2D eigenvalue weighted by Gasteiger charge is 2.23. The lowest BCUT2D eigenvalue weighted by atomic mass is 10.0. The Hall–Kier alpha value is -1.35. The fraction of sp³-hybridized carbons (Fsp3) is 0.385. The summed E-state index contributed by atoms with van der Waals surface area (Å²) >= 11 is 6.21. The topological polar surface area (TPSA) is 30.7 Å². The van der Waals surface area contributed by atoms with Gasteiger partial charge >= 0.3 is 0 Å². The van der Waals surface area contributed by atoms with E-state index in [-0.39, 0.29) is 0 Å². The van der Waals surface area contributed by atoms with E-state index in [2.05, 4.69) is 21.7 Å². The van der Waals surface area contributed by atoms with Crippen molar-refractivity contribution in [2.45, 2.75) is 32.2 Å². The van der Waals surface area contributed by atoms with Crippen LogP contribution < -0.4 is 0 Å². The molecule has 0 aliphatic carbocycles. The minimum atomic E-state index is 0.493. The molecule has 1 aromatic carbocycles. The molecule has 0 N–H and O–H groups in total. The van der Waals surface area contributed by atoms with E-state index in [1.54, 1.807) is 0 Å². The first-order valence-corrected chi connectivity index (χ1v) is 6.33. The maximum atomic E-state index is 6.21. The standard InChI is InChI=1S/C13H14ClN3/c1-9-5-4-8-17-12(9)15-16-13(17)10-6-2-3-7-11(10)14/h2-3,6-7,9H,4-5,8H2,1H3. The van der Waals surface area contributed by atoms with E-state index in [9.17, 15) is 0 Å². The third-order valence-electron chi connectivity index (χ3n) is 3.35. The Kier molecular flexibility index (Phi) is 2.63. The molecular formula is C13H14ClN3. The molecule has 4 heteroatoms. The van der Waals surface area contributed by atoms with Crippen LogP contribution in [0.5, 0.6) is 0 Å². The van der Waals surface area contributed by atoms with Crippen molar-refractivity contribution in [3.63, 3.8) is 0 Å². The highest BCUT2D eigenvalue weighted by Crippen LogP contribution is 2.32. The van der Waals surface area contributed by atoms with Crippen molar-refractivity contribution in [3.8, 4) is 11.4 Å². The lowest BCUT2D eigenvalue weighted by molar-refractivity contribution is 0.466. The van der Waals surface area contributed by atoms with Gasteiger partial charge in [0.15, 0.2) is 5.82 Å². The van der Waals surface area contributed by atoms with Crippen molar-refractivity contribution in [3.05, 3.63) is 35.1 Å². The van der Waals surface area contributed by atoms with Gasteiger partial charge in [-0.25, -0.2) is 0 Å². The molecule has 3 rings (SSSR count). The molecule has 0 saturated carbocycles. The van der Waals surface area contributed by atoms with Crippen molar-refractivity contribution in [2.75, 3.05) is 0 Å². The van der Waals surface area contributed by atoms with Crippen LogP contribution in [-0.4, -0.2) is 14.8 Å². The molecule has 1 aliphatic rings. The molecule has 1 atom stereocenters. The zero-order chi connectivity index (χ0) is 11.8. The Balaban J connectivity index is 2.14. The summed E-state index contributed by atoms with van der Waals surface area (Å²) < 4.78 is 2.20. The fourth-order valence-electron chi connectivity index (χ4n) is 2.43. The minimum Gasteiger partial charge on any atom is -0.311 e. The smallest absolute Gasteiger partial charge is 0.165 e. The van der Waals surface area contributed by atoms with E-state index < -0.39 is 0 Å². The van der Waals surface area contributed by atoms with Crippen molar-refractivity contribution in [1.29, 1.82) is 0 Å². The predicted molar refractivity (Wildman–Crippen MR) is 68.1 cm³/mol. The summed E-state index contributed by atoms with van der Waals surface area (Å²) in [6.45, 7) is 3.20. The summed E-state index contributed by atoms with van der Waals surface area (Å²) in [5.41, 5.74) is 0.974. The van der Waals surface area contributed by atoms with Crippen LogP contribution >= 0.6 is 11.6 Å². The average molecular weight is 248 g/mol. The van der Waals surface area contributed by atoms with Crippen LogP contribution in [0.2, 0.25) is 5.02 Å². The summed E-state index contributed by atoms with van der Waals surface area (Å²) in [4.78, 5) is 0. The van der Waals surface area contributed by atoms with Gasteiger partial charge in [-0.1, -0.05) is 30.7 Å². The number of fused-ring (bicyclic) bond motifs is 1. The van der Waals surface area contributed by atoms with Gasteiger partial charge in [0.25, 0.3) is 0 Å². The molecule has 1 unspecified atom stereocenters. The van der Waals surface area contributed by atoms with Gasteiger partial charge in [0.05, 0.1) is 5.02 Å². The van der Waals surface area contributed by atoms with Gasteiger partial charge in [0, 0.05) is 18.0 Å². The quantitative estimate of drug-likeness (QED) is 0.772. The first kappa shape index (κ1) is 10.8. The van der Waals surface area contributed by atoms with Crippen molar-refractivity contribution < 1.29 is 0 Å². The van der Waals surface area contributed by atoms with Crippen LogP contribution in [0.4, 0.5) is 0 Å². The molecule has 1 aromatic heterocycles. The normalized spacial score (nSPS) is 19.1. The van der Waals surface area contributed by atoms with Crippen LogP contribution in [0.25, 0.3) is 11.4 Å². The van der Waals surface area contributed by atoms with Gasteiger partial charge in [-0.15, -0.1) is 10.2 Å². The summed E-state index contributed by atoms with van der Waals surface area (Å²) in [5, 5.41) is 9.35. The van der Waals surface area contributed by atoms with Crippen molar-refractivity contribution >= 4 is 11.6 Å². The van der Waals surface area contributed by atoms with E-state index in [1.165, 1.54) is 12.8 Å². The second-order valence-corrected chi connectivity index (χ2v) is 4.96. The van der Waals surface area contributed by atoms with E-state index in [0.717, 1.165) is 28.8 Å². The number of hydrogen-bond donors (Lipinski definition) is 0. The maximum Gasteiger partial charge on any atom is 0.165 e. The Labute approximate surface area is 105 Å². The molecule has 88 valence electrons. The summed E-state index contributed by atoms with van der Waals surface area (Å²) in [7, 11) is 0. The molecule has 0 radical (unpaired) electrons. The average Bonchev–Trinajstić information content (AvgIpc) is 2.75. The second-order valence-electron chi connectivity index (χ2n) is 4.56. The number of nitrogens with zero attached hydrogens (tertiary/aromatic N) is 3. The molecule has 0 bridgehead atoms. The van der Waals surface area contributed by atoms with Crippen LogP contribution in [0.1, 0.15) is 31.5 Å². The highest BCUT2D eigenvalue weighted by molar-refractivity contribution is 6.33. The van der Waals surface area contributed by atoms with E-state index >= 15 is 0 Å². The summed E-state index contributed by atoms with van der Waals surface area (Å²) in [6, 6.07) is 7.81. The van der Waals surface area contributed by atoms with Gasteiger partial charge < -0.3 is 4.57 Å². The maximum absolute atomic E-state index is 6.21. The minimum absolute atomic E-state index is 0.493. The Bertz CT molecular complexity index is 547. The Morgan fingerprint density at radius 2 is 2.12 bits per heavy atom. The largest absolute Gasteiger partial charge is 0.311 e. The number of aromatic nitrogens is 3. The molecule has 0 fully saturated rings. The van der Waals surface area contributed by atoms with Gasteiger partial charge in [0.1, 0.15) is 5.82 Å². The number of rotatable bonds is 1. The molecule has 0 saturated heterocycles. The van der Waals surface area contributed by atoms with E-state index in [4.69, 9.17) is 11.6 Å². The fourth-order valence-corrected chi connectivity index (χ4v) is 2.65. The predicted octanol–water partition coefficient (Wildman–Crippen LogP) is 3.50. The van der Waals surface area contributed by atoms with Crippen LogP contribution in [0.15, 0.2) is 24.3 Å². The molecular weight excluding hydrogens is 234 g/mol. The van der Waals surface area contributed by atoms with Crippen LogP contribution in [-0.2, 0) is 6.54 Å². The van der Waals surface area contributed by atoms with E-state index in [0.29, 0.717) is 5.92 Å². The second kappa shape index (κ2) is 4.15. The highest BCUT2D eigenvalue weighted by atomic mass is 35.5. The van der Waals surface area contributed by atoms with Crippen LogP contribution in [0.3, 0.4) is 0 Å². The number of halogens is 1. The molecule has 3 nitrogen and oxygen atoms in total. The van der Waals surface area contributed by atoms with Crippen molar-refractivity contribution in [2.24, 2.45) is 0 Å². The monoisotopic (exact) mass is 247 g/mol. The SMILES string of the molecule is CC1CCCn2c(-c3ccccc3Cl)nnc21. The van der Waals surface area contributed by atoms with Gasteiger partial charge in [-0.05, 0) is 25.0 Å². The first-order chi connectivity index (χ1) is 8.27. The number of benzene rings is 1. The van der Waals surface area contributed by atoms with Crippen molar-refractivity contribution in [1.82, 2.24) is 14.8 Å². The number of hydrogen-bond acceptors (Lipinski definition) is 2. The van der Waals surface area contributed by atoms with Crippen LogP contribution in [0, 0.1) is 0 Å². The first-order valence-electron chi connectivity index (χ1n) is 5.95. The summed E-state index contributed by atoms with van der Waals surface area (Å²) in [5.74, 6) is 2.48. The zero-order valence-corrected chi connectivity index (χ0v) is 10.5. The lowest BCUT2D eigenvalue weighted by Crippen LogP contribution is -2.14. The zero-order valence-electron chi connectivity index (χ0n) is 9.73. The summed E-state index contributed by atoms with van der Waals surface area (Å²) in [6.07, 6.45) is 2.38. The third-order valence-corrected chi connectivity index (χ3v) is 3.68. The molecule has 1 aliphatic heterocycles. The Morgan fingerprint density at radius 3 is 2.94 bits per heavy atom. The molecule has 2 aromatic rings. The lowest BCUT2D eigenvalue weighted by Gasteiger charge is -2.20.